The van der Waals surface area contributed by atoms with Crippen LogP contribution in [-0.2, 0) is 25.1 Å². The first-order valence-electron chi connectivity index (χ1n) is 5.72. The van der Waals surface area contributed by atoms with Crippen LogP contribution in [0.2, 0.25) is 0 Å². The molecule has 0 saturated carbocycles. The summed E-state index contributed by atoms with van der Waals surface area (Å²) in [7, 11) is -1.02. The molecule has 1 aliphatic heterocycles. The summed E-state index contributed by atoms with van der Waals surface area (Å²) >= 11 is 0. The highest BCUT2D eigenvalue weighted by atomic mass is 32.2. The molecule has 5 heteroatoms. The molecule has 0 radical (unpaired) electrons. The molecule has 94 valence electrons. The van der Waals surface area contributed by atoms with E-state index in [0.717, 1.165) is 6.42 Å². The molecule has 0 bridgehead atoms. The van der Waals surface area contributed by atoms with E-state index in [1.54, 1.807) is 6.92 Å². The number of hydrogen-bond acceptors (Lipinski definition) is 4. The van der Waals surface area contributed by atoms with Gasteiger partial charge in [0.05, 0.1) is 24.4 Å². The maximum Gasteiger partial charge on any atom is 0.306 e. The Bertz CT molecular complexity index is 267. The van der Waals surface area contributed by atoms with E-state index >= 15 is 0 Å². The molecule has 1 saturated heterocycles. The van der Waals surface area contributed by atoms with Gasteiger partial charge in [-0.2, -0.15) is 0 Å². The first kappa shape index (κ1) is 13.6. The number of carbonyl (C=O) groups is 1. The Labute approximate surface area is 99.1 Å². The number of ether oxygens (including phenoxy) is 2. The number of rotatable bonds is 5. The van der Waals surface area contributed by atoms with Crippen molar-refractivity contribution in [2.45, 2.75) is 50.2 Å². The summed E-state index contributed by atoms with van der Waals surface area (Å²) < 4.78 is 22.3. The average Bonchev–Trinajstić information content (AvgIpc) is 2.63. The highest BCUT2D eigenvalue weighted by molar-refractivity contribution is 7.86. The van der Waals surface area contributed by atoms with Crippen molar-refractivity contribution in [1.29, 1.82) is 0 Å². The van der Waals surface area contributed by atoms with E-state index < -0.39 is 10.8 Å². The van der Waals surface area contributed by atoms with Crippen LogP contribution in [0.3, 0.4) is 0 Å². The van der Waals surface area contributed by atoms with Crippen LogP contribution in [0.5, 0.6) is 0 Å². The largest absolute Gasteiger partial charge is 0.466 e. The second kappa shape index (κ2) is 6.35. The molecule has 1 rings (SSSR count). The standard InChI is InChI=1S/C11H20O4S/c1-4-14-11(12)7-8(2)16(13)10-5-6-15-9(10)3/h8-10H,4-7H2,1-3H3. The first-order valence-corrected chi connectivity index (χ1v) is 7.00. The van der Waals surface area contributed by atoms with Crippen molar-refractivity contribution in [2.75, 3.05) is 13.2 Å². The number of hydrogen-bond donors (Lipinski definition) is 0. The van der Waals surface area contributed by atoms with E-state index in [9.17, 15) is 9.00 Å². The predicted octanol–water partition coefficient (Wildman–Crippen LogP) is 1.25. The lowest BCUT2D eigenvalue weighted by Gasteiger charge is -2.18. The van der Waals surface area contributed by atoms with E-state index in [-0.39, 0.29) is 29.0 Å². The van der Waals surface area contributed by atoms with Crippen LogP contribution < -0.4 is 0 Å². The summed E-state index contributed by atoms with van der Waals surface area (Å²) in [6, 6.07) is 0. The first-order chi connectivity index (χ1) is 7.56. The zero-order valence-corrected chi connectivity index (χ0v) is 10.9. The van der Waals surface area contributed by atoms with Crippen LogP contribution >= 0.6 is 0 Å². The minimum Gasteiger partial charge on any atom is -0.466 e. The van der Waals surface area contributed by atoms with Gasteiger partial charge in [-0.15, -0.1) is 0 Å². The molecule has 0 aromatic heterocycles. The molecule has 0 aliphatic carbocycles. The maximum absolute atomic E-state index is 12.1. The summed E-state index contributed by atoms with van der Waals surface area (Å²) in [5, 5.41) is -0.0994. The molecule has 4 nitrogen and oxygen atoms in total. The Hall–Kier alpha value is -0.420. The fourth-order valence-electron chi connectivity index (χ4n) is 1.85. The molecule has 1 fully saturated rings. The van der Waals surface area contributed by atoms with Gasteiger partial charge in [-0.05, 0) is 20.3 Å². The van der Waals surface area contributed by atoms with Gasteiger partial charge in [0.25, 0.3) is 0 Å². The van der Waals surface area contributed by atoms with Crippen molar-refractivity contribution in [1.82, 2.24) is 0 Å². The Morgan fingerprint density at radius 2 is 2.31 bits per heavy atom. The van der Waals surface area contributed by atoms with Crippen molar-refractivity contribution in [3.8, 4) is 0 Å². The Morgan fingerprint density at radius 3 is 2.81 bits per heavy atom. The van der Waals surface area contributed by atoms with Gasteiger partial charge in [0.1, 0.15) is 0 Å². The third-order valence-corrected chi connectivity index (χ3v) is 4.94. The van der Waals surface area contributed by atoms with Gasteiger partial charge in [-0.1, -0.05) is 6.92 Å². The third kappa shape index (κ3) is 3.56. The van der Waals surface area contributed by atoms with E-state index in [0.29, 0.717) is 13.2 Å². The van der Waals surface area contributed by atoms with Crippen LogP contribution in [0.15, 0.2) is 0 Å². The topological polar surface area (TPSA) is 52.6 Å². The predicted molar refractivity (Wildman–Crippen MR) is 62.7 cm³/mol. The van der Waals surface area contributed by atoms with Crippen LogP contribution in [-0.4, -0.2) is 40.0 Å². The molecule has 4 unspecified atom stereocenters. The molecule has 0 aromatic carbocycles. The summed E-state index contributed by atoms with van der Waals surface area (Å²) in [5.74, 6) is -0.269. The molecule has 0 spiro atoms. The maximum atomic E-state index is 12.1. The van der Waals surface area contributed by atoms with Gasteiger partial charge in [0.2, 0.25) is 0 Å². The molecule has 0 N–H and O–H groups in total. The number of carbonyl (C=O) groups excluding carboxylic acids is 1. The minimum absolute atomic E-state index is 0.0329. The van der Waals surface area contributed by atoms with Gasteiger partial charge in [0.15, 0.2) is 0 Å². The lowest BCUT2D eigenvalue weighted by molar-refractivity contribution is -0.143. The Balaban J connectivity index is 2.44. The van der Waals surface area contributed by atoms with Gasteiger partial charge >= 0.3 is 5.97 Å². The van der Waals surface area contributed by atoms with Crippen molar-refractivity contribution in [3.05, 3.63) is 0 Å². The summed E-state index contributed by atoms with van der Waals surface area (Å²) in [6.07, 6.45) is 1.08. The van der Waals surface area contributed by atoms with E-state index in [1.165, 1.54) is 0 Å². The van der Waals surface area contributed by atoms with Crippen LogP contribution in [0.25, 0.3) is 0 Å². The highest BCUT2D eigenvalue weighted by Crippen LogP contribution is 2.22. The van der Waals surface area contributed by atoms with Gasteiger partial charge in [-0.25, -0.2) is 0 Å². The van der Waals surface area contributed by atoms with Crippen molar-refractivity contribution >= 4 is 16.8 Å². The SMILES string of the molecule is CCOC(=O)CC(C)S(=O)C1CCOC1C. The smallest absolute Gasteiger partial charge is 0.306 e. The fraction of sp³-hybridized carbons (Fsp3) is 0.909. The van der Waals surface area contributed by atoms with Gasteiger partial charge in [0, 0.05) is 22.7 Å². The second-order valence-electron chi connectivity index (χ2n) is 4.05. The lowest BCUT2D eigenvalue weighted by atomic mass is 10.2. The average molecular weight is 248 g/mol. The molecule has 1 aliphatic rings. The summed E-state index contributed by atoms with van der Waals surface area (Å²) in [5.41, 5.74) is 0. The molecular formula is C11H20O4S. The van der Waals surface area contributed by atoms with Crippen molar-refractivity contribution in [3.63, 3.8) is 0 Å². The quantitative estimate of drug-likeness (QED) is 0.687. The lowest BCUT2D eigenvalue weighted by Crippen LogP contribution is -2.31. The van der Waals surface area contributed by atoms with Crippen LogP contribution in [0.1, 0.15) is 33.6 Å². The summed E-state index contributed by atoms with van der Waals surface area (Å²) in [6.45, 7) is 6.59. The number of esters is 1. The monoisotopic (exact) mass is 248 g/mol. The third-order valence-electron chi connectivity index (χ3n) is 2.76. The molecule has 0 aromatic rings. The zero-order valence-electron chi connectivity index (χ0n) is 10.1. The van der Waals surface area contributed by atoms with Gasteiger partial charge < -0.3 is 9.47 Å². The van der Waals surface area contributed by atoms with Crippen molar-refractivity contribution < 1.29 is 18.5 Å². The molecule has 4 atom stereocenters. The molecule has 1 heterocycles. The molecular weight excluding hydrogens is 228 g/mol. The van der Waals surface area contributed by atoms with E-state index in [1.807, 2.05) is 13.8 Å². The van der Waals surface area contributed by atoms with E-state index in [2.05, 4.69) is 0 Å². The van der Waals surface area contributed by atoms with Crippen molar-refractivity contribution in [2.24, 2.45) is 0 Å². The summed E-state index contributed by atoms with van der Waals surface area (Å²) in [4.78, 5) is 11.3. The Kier molecular flexibility index (Phi) is 5.41. The van der Waals surface area contributed by atoms with Gasteiger partial charge in [-0.3, -0.25) is 9.00 Å². The fourth-order valence-corrected chi connectivity index (χ4v) is 3.53. The molecule has 16 heavy (non-hydrogen) atoms. The zero-order chi connectivity index (χ0) is 12.1. The molecule has 0 amide bonds. The second-order valence-corrected chi connectivity index (χ2v) is 6.12. The highest BCUT2D eigenvalue weighted by Gasteiger charge is 2.33. The van der Waals surface area contributed by atoms with Crippen LogP contribution in [0.4, 0.5) is 0 Å². The van der Waals surface area contributed by atoms with Crippen LogP contribution in [0, 0.1) is 0 Å². The normalized spacial score (nSPS) is 28.7. The van der Waals surface area contributed by atoms with E-state index in [4.69, 9.17) is 9.47 Å². The Morgan fingerprint density at radius 1 is 1.62 bits per heavy atom. The minimum atomic E-state index is -1.02.